The van der Waals surface area contributed by atoms with Gasteiger partial charge in [0.1, 0.15) is 18.3 Å². The molecule has 222 valence electrons. The minimum absolute atomic E-state index is 0.0588. The largest absolute Gasteiger partial charge is 0.482 e. The summed E-state index contributed by atoms with van der Waals surface area (Å²) in [6, 6.07) is 0. The van der Waals surface area contributed by atoms with Crippen molar-refractivity contribution in [2.45, 2.75) is 131 Å². The fraction of sp³-hybridized carbons (Fsp3) is 0.750. The van der Waals surface area contributed by atoms with Gasteiger partial charge in [-0.1, -0.05) is 64.8 Å². The summed E-state index contributed by atoms with van der Waals surface area (Å²) in [6.07, 6.45) is 4.08. The van der Waals surface area contributed by atoms with E-state index in [0.29, 0.717) is 43.4 Å². The number of fused-ring (bicyclic) bond motifs is 2. The van der Waals surface area contributed by atoms with Crippen LogP contribution in [0.2, 0.25) is 0 Å². The Morgan fingerprint density at radius 2 is 1.77 bits per heavy atom. The number of ether oxygens (including phenoxy) is 2. The molecule has 2 aliphatic heterocycles. The van der Waals surface area contributed by atoms with E-state index in [4.69, 9.17) is 9.47 Å². The second-order valence-electron chi connectivity index (χ2n) is 12.3. The molecule has 7 heteroatoms. The molecule has 0 fully saturated rings. The van der Waals surface area contributed by atoms with Gasteiger partial charge in [-0.2, -0.15) is 0 Å². The van der Waals surface area contributed by atoms with Crippen LogP contribution in [0.15, 0.2) is 34.6 Å². The van der Waals surface area contributed by atoms with Crippen LogP contribution in [0.4, 0.5) is 0 Å². The van der Waals surface area contributed by atoms with Crippen LogP contribution in [-0.4, -0.2) is 57.1 Å². The van der Waals surface area contributed by atoms with Crippen molar-refractivity contribution in [3.05, 3.63) is 34.6 Å². The second-order valence-corrected chi connectivity index (χ2v) is 12.3. The monoisotopic (exact) mass is 548 g/mol. The van der Waals surface area contributed by atoms with Crippen molar-refractivity contribution in [2.24, 2.45) is 23.7 Å². The molecule has 0 spiro atoms. The number of aliphatic hydroxyl groups excluding tert-OH is 3. The Balaban J connectivity index is 2.14. The van der Waals surface area contributed by atoms with Gasteiger partial charge in [0.15, 0.2) is 5.60 Å². The summed E-state index contributed by atoms with van der Waals surface area (Å²) in [7, 11) is 0. The predicted octanol–water partition coefficient (Wildman–Crippen LogP) is 5.42. The molecule has 3 N–H and O–H groups in total. The number of carbonyl (C=O) groups is 2. The number of allylic oxidation sites excluding steroid dienone is 1. The Morgan fingerprint density at radius 3 is 2.36 bits per heavy atom. The molecular weight excluding hydrogens is 496 g/mol. The third kappa shape index (κ3) is 8.27. The van der Waals surface area contributed by atoms with Crippen molar-refractivity contribution in [3.63, 3.8) is 0 Å². The molecule has 0 amide bonds. The van der Waals surface area contributed by atoms with Crippen LogP contribution < -0.4 is 0 Å². The lowest BCUT2D eigenvalue weighted by molar-refractivity contribution is -0.154. The number of Topliss-reactive ketones (excluding diaryl/α,β-unsaturated/α-hetero) is 1. The van der Waals surface area contributed by atoms with Crippen molar-refractivity contribution in [2.75, 3.05) is 0 Å². The summed E-state index contributed by atoms with van der Waals surface area (Å²) in [5.74, 6) is -0.900. The molecule has 0 radical (unpaired) electrons. The first-order valence-corrected chi connectivity index (χ1v) is 14.7. The average Bonchev–Trinajstić information content (AvgIpc) is 3.09. The maximum atomic E-state index is 13.0. The first-order chi connectivity index (χ1) is 18.1. The quantitative estimate of drug-likeness (QED) is 0.233. The molecule has 0 saturated carbocycles. The lowest BCUT2D eigenvalue weighted by Crippen LogP contribution is -2.37. The fourth-order valence-electron chi connectivity index (χ4n) is 6.14. The summed E-state index contributed by atoms with van der Waals surface area (Å²) in [6.45, 7) is 17.2. The molecule has 2 bridgehead atoms. The van der Waals surface area contributed by atoms with Crippen molar-refractivity contribution in [1.29, 1.82) is 0 Å². The molecule has 2 aliphatic rings. The van der Waals surface area contributed by atoms with Gasteiger partial charge in [0.25, 0.3) is 0 Å². The van der Waals surface area contributed by atoms with Crippen LogP contribution in [0.25, 0.3) is 0 Å². The lowest BCUT2D eigenvalue weighted by atomic mass is 9.83. The number of cyclic esters (lactones) is 1. The van der Waals surface area contributed by atoms with Crippen LogP contribution >= 0.6 is 0 Å². The van der Waals surface area contributed by atoms with Crippen LogP contribution in [-0.2, 0) is 19.1 Å². The zero-order valence-corrected chi connectivity index (χ0v) is 25.5. The van der Waals surface area contributed by atoms with Crippen LogP contribution in [0, 0.1) is 23.7 Å². The number of hydrogen-bond acceptors (Lipinski definition) is 7. The van der Waals surface area contributed by atoms with Crippen molar-refractivity contribution >= 4 is 11.8 Å². The van der Waals surface area contributed by atoms with E-state index in [0.717, 1.165) is 11.1 Å². The summed E-state index contributed by atoms with van der Waals surface area (Å²) in [5, 5.41) is 32.0. The molecule has 0 saturated heterocycles. The fourth-order valence-corrected chi connectivity index (χ4v) is 6.14. The SMILES string of the molecule is CCC1=C2CC(=O)O[C@@H]([C@H](C)[C@H](O)[C@H](C)C/C(C)=C/[C@H](C)[C@@H](O)[C@H](C)[C@@H](O)CC)C/C=C(\C)C[C@@](C)(O2)C1=O. The smallest absolute Gasteiger partial charge is 0.313 e. The van der Waals surface area contributed by atoms with Gasteiger partial charge in [0.05, 0.1) is 18.3 Å². The Hall–Kier alpha value is -1.96. The second kappa shape index (κ2) is 14.1. The van der Waals surface area contributed by atoms with E-state index in [9.17, 15) is 24.9 Å². The van der Waals surface area contributed by atoms with Crippen molar-refractivity contribution in [3.8, 4) is 0 Å². The maximum Gasteiger partial charge on any atom is 0.313 e. The molecule has 0 aromatic heterocycles. The summed E-state index contributed by atoms with van der Waals surface area (Å²) < 4.78 is 11.9. The lowest BCUT2D eigenvalue weighted by Gasteiger charge is -2.31. The first kappa shape index (κ1) is 33.2. The summed E-state index contributed by atoms with van der Waals surface area (Å²) in [4.78, 5) is 25.9. The van der Waals surface area contributed by atoms with Crippen molar-refractivity contribution in [1.82, 2.24) is 0 Å². The third-order valence-corrected chi connectivity index (χ3v) is 8.70. The molecule has 7 nitrogen and oxygen atoms in total. The highest BCUT2D eigenvalue weighted by Crippen LogP contribution is 2.39. The van der Waals surface area contributed by atoms with Gasteiger partial charge >= 0.3 is 5.97 Å². The van der Waals surface area contributed by atoms with E-state index < -0.39 is 36.0 Å². The Morgan fingerprint density at radius 1 is 1.13 bits per heavy atom. The number of hydrogen-bond donors (Lipinski definition) is 3. The Kier molecular flexibility index (Phi) is 12.0. The minimum Gasteiger partial charge on any atom is -0.482 e. The maximum absolute atomic E-state index is 13.0. The molecular formula is C32H52O7. The molecule has 0 aliphatic carbocycles. The number of ketones is 1. The predicted molar refractivity (Wildman–Crippen MR) is 153 cm³/mol. The van der Waals surface area contributed by atoms with E-state index in [2.05, 4.69) is 0 Å². The highest BCUT2D eigenvalue weighted by molar-refractivity contribution is 6.04. The standard InChI is InChI=1S/C32H52O7/c1-10-24-27-16-28(34)38-26(13-12-18(3)17-32(9,39-27)31(24)37)23(8)30(36)21(6)15-19(4)14-20(5)29(35)22(7)25(33)11-2/h12,14,20-23,25-26,29-30,33,35-36H,10-11,13,15-17H2,1-9H3/b18-12+,19-14+/t20-,21+,22+,23-,25-,26+,29+,30+,32+/m0/s1. The van der Waals surface area contributed by atoms with Gasteiger partial charge in [0, 0.05) is 36.2 Å². The van der Waals surface area contributed by atoms with E-state index >= 15 is 0 Å². The molecule has 2 heterocycles. The van der Waals surface area contributed by atoms with Gasteiger partial charge in [-0.15, -0.1) is 0 Å². The van der Waals surface area contributed by atoms with Crippen LogP contribution in [0.1, 0.15) is 101 Å². The van der Waals surface area contributed by atoms with Gasteiger partial charge in [-0.3, -0.25) is 9.59 Å². The van der Waals surface area contributed by atoms with E-state index in [1.807, 2.05) is 67.5 Å². The molecule has 0 aromatic carbocycles. The van der Waals surface area contributed by atoms with Crippen LogP contribution in [0.3, 0.4) is 0 Å². The highest BCUT2D eigenvalue weighted by atomic mass is 16.6. The van der Waals surface area contributed by atoms with Crippen molar-refractivity contribution < 1.29 is 34.4 Å². The summed E-state index contributed by atoms with van der Waals surface area (Å²) in [5.41, 5.74) is 1.59. The minimum atomic E-state index is -0.998. The van der Waals surface area contributed by atoms with E-state index in [1.54, 1.807) is 6.92 Å². The summed E-state index contributed by atoms with van der Waals surface area (Å²) >= 11 is 0. The number of aliphatic hydroxyl groups is 3. The van der Waals surface area contributed by atoms with E-state index in [1.165, 1.54) is 0 Å². The number of esters is 1. The Bertz CT molecular complexity index is 964. The van der Waals surface area contributed by atoms with Crippen LogP contribution in [0.5, 0.6) is 0 Å². The zero-order valence-electron chi connectivity index (χ0n) is 25.5. The average molecular weight is 549 g/mol. The normalized spacial score (nSPS) is 29.7. The molecule has 2 rings (SSSR count). The molecule has 0 unspecified atom stereocenters. The number of rotatable bonds is 11. The molecule has 39 heavy (non-hydrogen) atoms. The van der Waals surface area contributed by atoms with Gasteiger partial charge < -0.3 is 24.8 Å². The first-order valence-electron chi connectivity index (χ1n) is 14.7. The zero-order chi connectivity index (χ0) is 29.7. The highest BCUT2D eigenvalue weighted by Gasteiger charge is 2.45. The van der Waals surface area contributed by atoms with Gasteiger partial charge in [-0.25, -0.2) is 0 Å². The van der Waals surface area contributed by atoms with Gasteiger partial charge in [-0.05, 0) is 46.0 Å². The number of carbonyl (C=O) groups excluding carboxylic acids is 2. The van der Waals surface area contributed by atoms with Gasteiger partial charge in [0.2, 0.25) is 5.78 Å². The topological polar surface area (TPSA) is 113 Å². The molecule has 0 aromatic rings. The molecule has 9 atom stereocenters. The Labute approximate surface area is 235 Å². The van der Waals surface area contributed by atoms with E-state index in [-0.39, 0.29) is 35.9 Å². The third-order valence-electron chi connectivity index (χ3n) is 8.70.